The third kappa shape index (κ3) is 3.16. The predicted octanol–water partition coefficient (Wildman–Crippen LogP) is 2.82. The zero-order chi connectivity index (χ0) is 10.6. The van der Waals surface area contributed by atoms with Gasteiger partial charge >= 0.3 is 0 Å². The first kappa shape index (κ1) is 11.3. The Morgan fingerprint density at radius 3 is 2.93 bits per heavy atom. The van der Waals surface area contributed by atoms with Crippen molar-refractivity contribution in [1.82, 2.24) is 5.32 Å². The molecule has 1 unspecified atom stereocenters. The number of rotatable bonds is 4. The maximum absolute atomic E-state index is 9.28. The van der Waals surface area contributed by atoms with E-state index in [4.69, 9.17) is 0 Å². The summed E-state index contributed by atoms with van der Waals surface area (Å²) in [7, 11) is 0. The van der Waals surface area contributed by atoms with Crippen LogP contribution in [0.4, 0.5) is 0 Å². The number of hydrogen-bond donors (Lipinski definition) is 2. The molecule has 76 valence electrons. The number of phenolic OH excluding ortho intramolecular Hbond substituents is 1. The Kier molecular flexibility index (Phi) is 4.17. The van der Waals surface area contributed by atoms with Gasteiger partial charge in [-0.1, -0.05) is 12.1 Å². The number of nitrogens with one attached hydrogen (secondary N) is 1. The van der Waals surface area contributed by atoms with Crippen molar-refractivity contribution in [2.24, 2.45) is 0 Å². The van der Waals surface area contributed by atoms with Crippen LogP contribution in [0.5, 0.6) is 5.75 Å². The topological polar surface area (TPSA) is 32.3 Å². The number of phenols is 1. The fourth-order valence-corrected chi connectivity index (χ4v) is 1.45. The minimum Gasteiger partial charge on any atom is -0.507 e. The molecule has 0 bridgehead atoms. The van der Waals surface area contributed by atoms with E-state index in [2.05, 4.69) is 27.8 Å². The summed E-state index contributed by atoms with van der Waals surface area (Å²) in [5.41, 5.74) is 1.13. The average Bonchev–Trinajstić information content (AvgIpc) is 2.19. The smallest absolute Gasteiger partial charge is 0.129 e. The van der Waals surface area contributed by atoms with E-state index in [1.54, 1.807) is 6.07 Å². The quantitative estimate of drug-likeness (QED) is 0.812. The summed E-state index contributed by atoms with van der Waals surface area (Å²) in [5.74, 6) is 0.269. The Hall–Kier alpha value is -0.800. The second kappa shape index (κ2) is 5.17. The van der Waals surface area contributed by atoms with E-state index in [0.717, 1.165) is 16.6 Å². The Balaban J connectivity index is 2.59. The summed E-state index contributed by atoms with van der Waals surface area (Å²) in [4.78, 5) is 0. The highest BCUT2D eigenvalue weighted by molar-refractivity contribution is 9.10. The van der Waals surface area contributed by atoms with E-state index in [0.29, 0.717) is 6.04 Å². The van der Waals surface area contributed by atoms with E-state index < -0.39 is 0 Å². The number of benzene rings is 1. The van der Waals surface area contributed by atoms with E-state index >= 15 is 0 Å². The molecule has 0 aliphatic carbocycles. The van der Waals surface area contributed by atoms with Gasteiger partial charge in [0, 0.05) is 12.6 Å². The lowest BCUT2D eigenvalue weighted by Crippen LogP contribution is -2.22. The highest BCUT2D eigenvalue weighted by atomic mass is 79.9. The molecule has 0 aliphatic rings. The third-order valence-corrected chi connectivity index (χ3v) is 2.63. The number of aromatic hydroxyl groups is 1. The lowest BCUT2D eigenvalue weighted by molar-refractivity contribution is 0.471. The molecule has 2 nitrogen and oxygen atoms in total. The summed E-state index contributed by atoms with van der Waals surface area (Å²) in [6.45, 7) is 6.51. The summed E-state index contributed by atoms with van der Waals surface area (Å²) in [6.07, 6.45) is 1.86. The maximum atomic E-state index is 9.28. The monoisotopic (exact) mass is 255 g/mol. The van der Waals surface area contributed by atoms with E-state index in [9.17, 15) is 5.11 Å². The van der Waals surface area contributed by atoms with Crippen molar-refractivity contribution >= 4 is 15.9 Å². The fraction of sp³-hybridized carbons (Fsp3) is 0.273. The molecule has 0 heterocycles. The van der Waals surface area contributed by atoms with E-state index in [1.165, 1.54) is 0 Å². The Morgan fingerprint density at radius 1 is 1.64 bits per heavy atom. The van der Waals surface area contributed by atoms with Crippen molar-refractivity contribution in [3.63, 3.8) is 0 Å². The molecular weight excluding hydrogens is 242 g/mol. The van der Waals surface area contributed by atoms with Crippen LogP contribution in [0.15, 0.2) is 35.3 Å². The van der Waals surface area contributed by atoms with Crippen molar-refractivity contribution in [3.05, 3.63) is 40.9 Å². The van der Waals surface area contributed by atoms with Crippen molar-refractivity contribution in [2.45, 2.75) is 19.5 Å². The normalized spacial score (nSPS) is 12.4. The summed E-state index contributed by atoms with van der Waals surface area (Å²) < 4.78 is 0.725. The van der Waals surface area contributed by atoms with Crippen molar-refractivity contribution in [2.75, 3.05) is 0 Å². The molecule has 1 aromatic carbocycles. The van der Waals surface area contributed by atoms with E-state index in [-0.39, 0.29) is 5.75 Å². The first-order valence-electron chi connectivity index (χ1n) is 4.47. The lowest BCUT2D eigenvalue weighted by Gasteiger charge is -2.09. The molecule has 1 atom stereocenters. The van der Waals surface area contributed by atoms with Crippen LogP contribution in [0.25, 0.3) is 0 Å². The van der Waals surface area contributed by atoms with Gasteiger partial charge in [-0.3, -0.25) is 0 Å². The van der Waals surface area contributed by atoms with Gasteiger partial charge in [0.05, 0.1) is 4.47 Å². The molecule has 0 fully saturated rings. The molecule has 0 radical (unpaired) electrons. The molecule has 0 spiro atoms. The molecule has 2 N–H and O–H groups in total. The predicted molar refractivity (Wildman–Crippen MR) is 62.3 cm³/mol. The van der Waals surface area contributed by atoms with Crippen molar-refractivity contribution in [3.8, 4) is 5.75 Å². The molecule has 3 heteroatoms. The van der Waals surface area contributed by atoms with Crippen LogP contribution in [0.1, 0.15) is 12.5 Å². The minimum absolute atomic E-state index is 0.269. The zero-order valence-electron chi connectivity index (χ0n) is 8.13. The van der Waals surface area contributed by atoms with Gasteiger partial charge < -0.3 is 10.4 Å². The highest BCUT2D eigenvalue weighted by Gasteiger charge is 2.00. The molecule has 14 heavy (non-hydrogen) atoms. The van der Waals surface area contributed by atoms with Gasteiger partial charge in [0.1, 0.15) is 5.75 Å². The molecule has 0 saturated carbocycles. The summed E-state index contributed by atoms with van der Waals surface area (Å²) >= 11 is 3.27. The van der Waals surface area contributed by atoms with Crippen molar-refractivity contribution < 1.29 is 5.11 Å². The maximum Gasteiger partial charge on any atom is 0.129 e. The van der Waals surface area contributed by atoms with Crippen LogP contribution >= 0.6 is 15.9 Å². The Morgan fingerprint density at radius 2 is 2.36 bits per heavy atom. The second-order valence-electron chi connectivity index (χ2n) is 3.19. The second-order valence-corrected chi connectivity index (χ2v) is 4.05. The standard InChI is InChI=1S/C11H14BrNO/c1-3-8(2)13-7-9-4-5-11(14)10(12)6-9/h3-6,8,13-14H,1,7H2,2H3. The largest absolute Gasteiger partial charge is 0.507 e. The van der Waals surface area contributed by atoms with Crippen LogP contribution in [0, 0.1) is 0 Å². The van der Waals surface area contributed by atoms with Gasteiger partial charge in [0.25, 0.3) is 0 Å². The molecule has 0 amide bonds. The molecule has 0 saturated heterocycles. The Labute approximate surface area is 92.8 Å². The number of hydrogen-bond acceptors (Lipinski definition) is 2. The molecule has 1 aromatic rings. The molecule has 0 aliphatic heterocycles. The lowest BCUT2D eigenvalue weighted by atomic mass is 10.2. The first-order valence-corrected chi connectivity index (χ1v) is 5.26. The van der Waals surface area contributed by atoms with Gasteiger partial charge in [-0.15, -0.1) is 6.58 Å². The molecule has 0 aromatic heterocycles. The van der Waals surface area contributed by atoms with Crippen molar-refractivity contribution in [1.29, 1.82) is 0 Å². The van der Waals surface area contributed by atoms with Crippen LogP contribution in [-0.2, 0) is 6.54 Å². The van der Waals surface area contributed by atoms with Gasteiger partial charge in [-0.05, 0) is 40.5 Å². The van der Waals surface area contributed by atoms with Gasteiger partial charge in [0.2, 0.25) is 0 Å². The molecule has 1 rings (SSSR count). The Bertz CT molecular complexity index is 325. The van der Waals surface area contributed by atoms with Crippen LogP contribution in [0.3, 0.4) is 0 Å². The summed E-state index contributed by atoms with van der Waals surface area (Å²) in [6, 6.07) is 5.77. The minimum atomic E-state index is 0.269. The SMILES string of the molecule is C=CC(C)NCc1ccc(O)c(Br)c1. The van der Waals surface area contributed by atoms with Crippen LogP contribution < -0.4 is 5.32 Å². The summed E-state index contributed by atoms with van der Waals surface area (Å²) in [5, 5.41) is 12.6. The van der Waals surface area contributed by atoms with Gasteiger partial charge in [-0.25, -0.2) is 0 Å². The van der Waals surface area contributed by atoms with Gasteiger partial charge in [0.15, 0.2) is 0 Å². The molecular formula is C11H14BrNO. The van der Waals surface area contributed by atoms with Crippen LogP contribution in [-0.4, -0.2) is 11.1 Å². The fourth-order valence-electron chi connectivity index (χ4n) is 1.02. The third-order valence-electron chi connectivity index (χ3n) is 1.99. The van der Waals surface area contributed by atoms with Gasteiger partial charge in [-0.2, -0.15) is 0 Å². The van der Waals surface area contributed by atoms with E-state index in [1.807, 2.05) is 25.1 Å². The zero-order valence-corrected chi connectivity index (χ0v) is 9.71. The highest BCUT2D eigenvalue weighted by Crippen LogP contribution is 2.24. The van der Waals surface area contributed by atoms with Crippen LogP contribution in [0.2, 0.25) is 0 Å². The first-order chi connectivity index (χ1) is 6.63. The number of halogens is 1. The average molecular weight is 256 g/mol.